The molecule has 114 valence electrons. The first kappa shape index (κ1) is 14.6. The number of hydrazone groups is 1. The third-order valence-corrected chi connectivity index (χ3v) is 3.14. The van der Waals surface area contributed by atoms with Gasteiger partial charge in [-0.15, -0.1) is 0 Å². The summed E-state index contributed by atoms with van der Waals surface area (Å²) in [5.74, 6) is -0.264. The molecular weight excluding hydrogens is 290 g/mol. The van der Waals surface area contributed by atoms with Crippen LogP contribution >= 0.6 is 0 Å². The second kappa shape index (κ2) is 7.13. The average molecular weight is 305 g/mol. The summed E-state index contributed by atoms with van der Waals surface area (Å²) < 4.78 is 1.80. The molecule has 1 amide bonds. The fourth-order valence-corrected chi connectivity index (χ4v) is 2.07. The predicted molar refractivity (Wildman–Crippen MR) is 87.1 cm³/mol. The Morgan fingerprint density at radius 3 is 2.91 bits per heavy atom. The Kier molecular flexibility index (Phi) is 4.54. The highest BCUT2D eigenvalue weighted by atomic mass is 16.2. The van der Waals surface area contributed by atoms with Crippen LogP contribution in [0.25, 0.3) is 0 Å². The molecule has 0 unspecified atom stereocenters. The van der Waals surface area contributed by atoms with E-state index in [4.69, 9.17) is 0 Å². The molecule has 0 aliphatic heterocycles. The average Bonchev–Trinajstić information content (AvgIpc) is 3.09. The van der Waals surface area contributed by atoms with Gasteiger partial charge in [0.15, 0.2) is 0 Å². The van der Waals surface area contributed by atoms with E-state index in [1.165, 1.54) is 6.21 Å². The Hall–Kier alpha value is -3.28. The number of amides is 1. The van der Waals surface area contributed by atoms with Gasteiger partial charge in [0.2, 0.25) is 0 Å². The first-order valence-corrected chi connectivity index (χ1v) is 7.12. The molecule has 0 atom stereocenters. The molecule has 2 aromatic heterocycles. The first-order valence-electron chi connectivity index (χ1n) is 7.12. The van der Waals surface area contributed by atoms with E-state index in [0.717, 1.165) is 5.56 Å². The molecular formula is C17H15N5O. The van der Waals surface area contributed by atoms with Crippen LogP contribution in [0.2, 0.25) is 0 Å². The van der Waals surface area contributed by atoms with E-state index < -0.39 is 0 Å². The van der Waals surface area contributed by atoms with Gasteiger partial charge in [-0.2, -0.15) is 10.2 Å². The smallest absolute Gasteiger partial charge is 0.268 e. The Labute approximate surface area is 133 Å². The van der Waals surface area contributed by atoms with Crippen molar-refractivity contribution < 1.29 is 4.79 Å². The lowest BCUT2D eigenvalue weighted by Gasteiger charge is -2.05. The molecule has 23 heavy (non-hydrogen) atoms. The molecule has 0 radical (unpaired) electrons. The maximum absolute atomic E-state index is 12.1. The highest BCUT2D eigenvalue weighted by molar-refractivity contribution is 5.94. The van der Waals surface area contributed by atoms with Crippen molar-refractivity contribution in [2.45, 2.75) is 6.54 Å². The number of benzene rings is 1. The third kappa shape index (κ3) is 4.10. The van der Waals surface area contributed by atoms with Gasteiger partial charge in [-0.3, -0.25) is 14.5 Å². The van der Waals surface area contributed by atoms with Crippen LogP contribution in [0, 0.1) is 0 Å². The summed E-state index contributed by atoms with van der Waals surface area (Å²) in [6, 6.07) is 14.7. The van der Waals surface area contributed by atoms with Gasteiger partial charge < -0.3 is 0 Å². The van der Waals surface area contributed by atoms with E-state index in [9.17, 15) is 4.79 Å². The van der Waals surface area contributed by atoms with Crippen LogP contribution in [0.1, 0.15) is 21.6 Å². The summed E-state index contributed by atoms with van der Waals surface area (Å²) in [7, 11) is 0. The maximum Gasteiger partial charge on any atom is 0.271 e. The van der Waals surface area contributed by atoms with Crippen molar-refractivity contribution in [3.05, 3.63) is 83.9 Å². The van der Waals surface area contributed by atoms with E-state index in [1.807, 2.05) is 42.6 Å². The predicted octanol–water partition coefficient (Wildman–Crippen LogP) is 2.09. The van der Waals surface area contributed by atoms with Crippen molar-refractivity contribution in [1.82, 2.24) is 20.2 Å². The molecule has 1 aromatic carbocycles. The number of hydrogen-bond donors (Lipinski definition) is 1. The van der Waals surface area contributed by atoms with Crippen molar-refractivity contribution in [3.63, 3.8) is 0 Å². The Bertz CT molecular complexity index is 797. The molecule has 6 heteroatoms. The number of hydrogen-bond acceptors (Lipinski definition) is 4. The third-order valence-electron chi connectivity index (χ3n) is 3.14. The number of nitrogens with one attached hydrogen (secondary N) is 1. The summed E-state index contributed by atoms with van der Waals surface area (Å²) in [5, 5.41) is 8.07. The molecule has 0 aliphatic carbocycles. The monoisotopic (exact) mass is 305 g/mol. The summed E-state index contributed by atoms with van der Waals surface area (Å²) in [5.41, 5.74) is 4.73. The molecule has 2 heterocycles. The van der Waals surface area contributed by atoms with Gasteiger partial charge >= 0.3 is 0 Å². The lowest BCUT2D eigenvalue weighted by molar-refractivity contribution is 0.0955. The quantitative estimate of drug-likeness (QED) is 0.579. The van der Waals surface area contributed by atoms with Crippen LogP contribution < -0.4 is 5.43 Å². The standard InChI is InChI=1S/C17H15N5O/c23-17(21-19-12-16-7-1-2-8-18-16)15-6-3-5-14(11-15)13-22-10-4-9-20-22/h1-12H,13H2,(H,21,23)/b19-12+. The maximum atomic E-state index is 12.1. The molecule has 0 bridgehead atoms. The second-order valence-electron chi connectivity index (χ2n) is 4.86. The number of rotatable bonds is 5. The highest BCUT2D eigenvalue weighted by Gasteiger charge is 2.05. The minimum atomic E-state index is -0.264. The summed E-state index contributed by atoms with van der Waals surface area (Å²) in [6.07, 6.45) is 6.78. The molecule has 3 rings (SSSR count). The lowest BCUT2D eigenvalue weighted by atomic mass is 10.1. The van der Waals surface area contributed by atoms with Gasteiger partial charge in [-0.1, -0.05) is 18.2 Å². The number of aromatic nitrogens is 3. The van der Waals surface area contributed by atoms with E-state index >= 15 is 0 Å². The zero-order valence-electron chi connectivity index (χ0n) is 12.3. The van der Waals surface area contributed by atoms with Crippen LogP contribution in [0.15, 0.2) is 72.2 Å². The molecule has 6 nitrogen and oxygen atoms in total. The number of carbonyl (C=O) groups is 1. The molecule has 0 spiro atoms. The van der Waals surface area contributed by atoms with Gasteiger partial charge in [0, 0.05) is 24.2 Å². The van der Waals surface area contributed by atoms with Gasteiger partial charge in [0.05, 0.1) is 18.5 Å². The molecule has 0 fully saturated rings. The van der Waals surface area contributed by atoms with Crippen LogP contribution in [0.5, 0.6) is 0 Å². The number of pyridine rings is 1. The zero-order valence-corrected chi connectivity index (χ0v) is 12.3. The van der Waals surface area contributed by atoms with E-state index in [1.54, 1.807) is 29.2 Å². The summed E-state index contributed by atoms with van der Waals surface area (Å²) in [6.45, 7) is 0.616. The van der Waals surface area contributed by atoms with Gasteiger partial charge in [-0.25, -0.2) is 5.43 Å². The van der Waals surface area contributed by atoms with Gasteiger partial charge in [0.25, 0.3) is 5.91 Å². The fraction of sp³-hybridized carbons (Fsp3) is 0.0588. The topological polar surface area (TPSA) is 72.2 Å². The molecule has 3 aromatic rings. The zero-order chi connectivity index (χ0) is 15.9. The number of nitrogens with zero attached hydrogens (tertiary/aromatic N) is 4. The first-order chi connectivity index (χ1) is 11.3. The van der Waals surface area contributed by atoms with Crippen molar-refractivity contribution in [1.29, 1.82) is 0 Å². The fourth-order valence-electron chi connectivity index (χ4n) is 2.07. The van der Waals surface area contributed by atoms with Gasteiger partial charge in [0.1, 0.15) is 0 Å². The summed E-state index contributed by atoms with van der Waals surface area (Å²) in [4.78, 5) is 16.2. The second-order valence-corrected chi connectivity index (χ2v) is 4.86. The van der Waals surface area contributed by atoms with Gasteiger partial charge in [-0.05, 0) is 35.9 Å². The molecule has 1 N–H and O–H groups in total. The van der Waals surface area contributed by atoms with Crippen LogP contribution in [-0.4, -0.2) is 26.9 Å². The largest absolute Gasteiger partial charge is 0.271 e. The van der Waals surface area contributed by atoms with E-state index in [0.29, 0.717) is 17.8 Å². The Morgan fingerprint density at radius 2 is 2.13 bits per heavy atom. The number of carbonyl (C=O) groups excluding carboxylic acids is 1. The van der Waals surface area contributed by atoms with E-state index in [2.05, 4.69) is 20.6 Å². The van der Waals surface area contributed by atoms with Crippen molar-refractivity contribution in [2.24, 2.45) is 5.10 Å². The Balaban J connectivity index is 1.64. The minimum Gasteiger partial charge on any atom is -0.268 e. The van der Waals surface area contributed by atoms with Crippen molar-refractivity contribution >= 4 is 12.1 Å². The summed E-state index contributed by atoms with van der Waals surface area (Å²) >= 11 is 0. The minimum absolute atomic E-state index is 0.264. The highest BCUT2D eigenvalue weighted by Crippen LogP contribution is 2.07. The molecule has 0 saturated heterocycles. The Morgan fingerprint density at radius 1 is 1.17 bits per heavy atom. The van der Waals surface area contributed by atoms with Crippen molar-refractivity contribution in [2.75, 3.05) is 0 Å². The van der Waals surface area contributed by atoms with Crippen LogP contribution in [0.3, 0.4) is 0 Å². The van der Waals surface area contributed by atoms with Crippen molar-refractivity contribution in [3.8, 4) is 0 Å². The molecule has 0 saturated carbocycles. The lowest BCUT2D eigenvalue weighted by Crippen LogP contribution is -2.18. The van der Waals surface area contributed by atoms with E-state index in [-0.39, 0.29) is 5.91 Å². The molecule has 0 aliphatic rings. The van der Waals surface area contributed by atoms with Crippen LogP contribution in [-0.2, 0) is 6.54 Å². The van der Waals surface area contributed by atoms with Crippen LogP contribution in [0.4, 0.5) is 0 Å². The normalized spacial score (nSPS) is 10.8. The SMILES string of the molecule is O=C(N/N=C/c1ccccn1)c1cccc(Cn2cccn2)c1.